The molecule has 124 valence electrons. The molecule has 5 heteroatoms. The van der Waals surface area contributed by atoms with Crippen LogP contribution in [0.15, 0.2) is 39.8 Å². The van der Waals surface area contributed by atoms with E-state index in [1.54, 1.807) is 0 Å². The van der Waals surface area contributed by atoms with Crippen molar-refractivity contribution in [1.82, 2.24) is 15.8 Å². The molecule has 0 aliphatic carbocycles. The van der Waals surface area contributed by atoms with Crippen LogP contribution in [0.4, 0.5) is 0 Å². The minimum atomic E-state index is 0.202. The van der Waals surface area contributed by atoms with Crippen LogP contribution in [0.3, 0.4) is 0 Å². The highest BCUT2D eigenvalue weighted by Gasteiger charge is 2.09. The molecule has 2 N–H and O–H groups in total. The Morgan fingerprint density at radius 1 is 1.26 bits per heavy atom. The largest absolute Gasteiger partial charge is 0.361 e. The quantitative estimate of drug-likeness (QED) is 0.635. The zero-order valence-corrected chi connectivity index (χ0v) is 14.4. The van der Waals surface area contributed by atoms with E-state index in [9.17, 15) is 0 Å². The van der Waals surface area contributed by atoms with Gasteiger partial charge in [0.05, 0.1) is 11.7 Å². The Morgan fingerprint density at radius 2 is 2.00 bits per heavy atom. The third-order valence-electron chi connectivity index (χ3n) is 3.81. The van der Waals surface area contributed by atoms with Gasteiger partial charge in [-0.25, -0.2) is 0 Å². The Morgan fingerprint density at radius 3 is 2.61 bits per heavy atom. The van der Waals surface area contributed by atoms with E-state index < -0.39 is 0 Å². The molecule has 1 aromatic carbocycles. The second-order valence-electron chi connectivity index (χ2n) is 5.59. The van der Waals surface area contributed by atoms with E-state index >= 15 is 0 Å². The first-order chi connectivity index (χ1) is 11.1. The summed E-state index contributed by atoms with van der Waals surface area (Å²) in [5.41, 5.74) is 3.35. The number of hydrogen-bond donors (Lipinski definition) is 2. The van der Waals surface area contributed by atoms with Gasteiger partial charge in [-0.2, -0.15) is 0 Å². The lowest BCUT2D eigenvalue weighted by Gasteiger charge is -2.18. The minimum absolute atomic E-state index is 0.202. The molecule has 0 radical (unpaired) electrons. The molecule has 0 bridgehead atoms. The van der Waals surface area contributed by atoms with Crippen molar-refractivity contribution in [3.05, 3.63) is 52.9 Å². The molecule has 0 aliphatic heterocycles. The molecule has 0 fully saturated rings. The summed E-state index contributed by atoms with van der Waals surface area (Å²) < 4.78 is 5.19. The molecule has 2 aromatic rings. The van der Waals surface area contributed by atoms with Crippen LogP contribution in [0, 0.1) is 13.8 Å². The fraction of sp³-hybridized carbons (Fsp3) is 0.444. The number of nitrogens with zero attached hydrogens (tertiary/aromatic N) is 2. The zero-order chi connectivity index (χ0) is 16.7. The average molecular weight is 314 g/mol. The van der Waals surface area contributed by atoms with Gasteiger partial charge in [0.2, 0.25) is 0 Å². The standard InChI is InChI=1S/C18H26N4O/c1-5-19-18(21-13(2)16-9-7-6-8-10-16)20-12-11-17-14(3)22-23-15(17)4/h6-10,13H,5,11-12H2,1-4H3,(H2,19,20,21). The van der Waals surface area contributed by atoms with Crippen molar-refractivity contribution >= 4 is 5.96 Å². The van der Waals surface area contributed by atoms with Gasteiger partial charge in [0.25, 0.3) is 0 Å². The molecule has 1 aromatic heterocycles. The predicted octanol–water partition coefficient (Wildman–Crippen LogP) is 3.15. The number of rotatable bonds is 6. The van der Waals surface area contributed by atoms with Gasteiger partial charge in [-0.3, -0.25) is 4.99 Å². The fourth-order valence-electron chi connectivity index (χ4n) is 2.49. The van der Waals surface area contributed by atoms with E-state index in [4.69, 9.17) is 4.52 Å². The Kier molecular flexibility index (Phi) is 6.20. The highest BCUT2D eigenvalue weighted by Crippen LogP contribution is 2.13. The summed E-state index contributed by atoms with van der Waals surface area (Å²) in [6, 6.07) is 10.6. The van der Waals surface area contributed by atoms with Crippen molar-refractivity contribution in [2.24, 2.45) is 4.99 Å². The summed E-state index contributed by atoms with van der Waals surface area (Å²) in [4.78, 5) is 4.66. The first-order valence-electron chi connectivity index (χ1n) is 8.13. The van der Waals surface area contributed by atoms with Crippen LogP contribution in [-0.4, -0.2) is 24.2 Å². The number of aliphatic imine (C=N–C) groups is 1. The predicted molar refractivity (Wildman–Crippen MR) is 93.7 cm³/mol. The third-order valence-corrected chi connectivity index (χ3v) is 3.81. The maximum absolute atomic E-state index is 5.19. The Balaban J connectivity index is 1.97. The highest BCUT2D eigenvalue weighted by atomic mass is 16.5. The maximum atomic E-state index is 5.19. The molecule has 0 amide bonds. The number of aromatic nitrogens is 1. The van der Waals surface area contributed by atoms with Gasteiger partial charge in [0, 0.05) is 18.7 Å². The van der Waals surface area contributed by atoms with Crippen molar-refractivity contribution in [3.8, 4) is 0 Å². The molecule has 1 atom stereocenters. The van der Waals surface area contributed by atoms with Crippen molar-refractivity contribution in [2.75, 3.05) is 13.1 Å². The van der Waals surface area contributed by atoms with E-state index in [0.717, 1.165) is 35.9 Å². The average Bonchev–Trinajstić information content (AvgIpc) is 2.87. The van der Waals surface area contributed by atoms with Gasteiger partial charge in [0.15, 0.2) is 5.96 Å². The summed E-state index contributed by atoms with van der Waals surface area (Å²) in [5.74, 6) is 1.71. The van der Waals surface area contributed by atoms with E-state index in [0.29, 0.717) is 6.54 Å². The van der Waals surface area contributed by atoms with Crippen molar-refractivity contribution in [2.45, 2.75) is 40.2 Å². The van der Waals surface area contributed by atoms with Crippen LogP contribution in [0.5, 0.6) is 0 Å². The summed E-state index contributed by atoms with van der Waals surface area (Å²) in [5, 5.41) is 10.7. The number of benzene rings is 1. The molecule has 5 nitrogen and oxygen atoms in total. The lowest BCUT2D eigenvalue weighted by Crippen LogP contribution is -2.38. The van der Waals surface area contributed by atoms with E-state index in [1.165, 1.54) is 5.56 Å². The van der Waals surface area contributed by atoms with Crippen LogP contribution < -0.4 is 10.6 Å². The Hall–Kier alpha value is -2.30. The van der Waals surface area contributed by atoms with Crippen molar-refractivity contribution in [3.63, 3.8) is 0 Å². The maximum Gasteiger partial charge on any atom is 0.191 e. The molecule has 0 saturated carbocycles. The van der Waals surface area contributed by atoms with Crippen molar-refractivity contribution in [1.29, 1.82) is 0 Å². The third kappa shape index (κ3) is 4.84. The molecule has 0 aliphatic rings. The molecular weight excluding hydrogens is 288 g/mol. The second-order valence-corrected chi connectivity index (χ2v) is 5.59. The minimum Gasteiger partial charge on any atom is -0.361 e. The number of hydrogen-bond acceptors (Lipinski definition) is 3. The SMILES string of the molecule is CCNC(=NCCc1c(C)noc1C)NC(C)c1ccccc1. The van der Waals surface area contributed by atoms with Gasteiger partial charge in [0.1, 0.15) is 5.76 Å². The number of guanidine groups is 1. The summed E-state index contributed by atoms with van der Waals surface area (Å²) in [6.07, 6.45) is 0.831. The second kappa shape index (κ2) is 8.36. The number of nitrogens with one attached hydrogen (secondary N) is 2. The van der Waals surface area contributed by atoms with E-state index in [2.05, 4.69) is 58.9 Å². The fourth-order valence-corrected chi connectivity index (χ4v) is 2.49. The summed E-state index contributed by atoms with van der Waals surface area (Å²) >= 11 is 0. The Labute approximate surface area is 138 Å². The van der Waals surface area contributed by atoms with E-state index in [1.807, 2.05) is 19.9 Å². The van der Waals surface area contributed by atoms with Gasteiger partial charge in [-0.05, 0) is 39.7 Å². The molecule has 0 saturated heterocycles. The molecule has 1 heterocycles. The lowest BCUT2D eigenvalue weighted by atomic mass is 10.1. The van der Waals surface area contributed by atoms with E-state index in [-0.39, 0.29) is 6.04 Å². The Bertz CT molecular complexity index is 614. The monoisotopic (exact) mass is 314 g/mol. The van der Waals surface area contributed by atoms with Crippen LogP contribution in [0.2, 0.25) is 0 Å². The summed E-state index contributed by atoms with van der Waals surface area (Å²) in [6.45, 7) is 9.64. The molecular formula is C18H26N4O. The van der Waals surface area contributed by atoms with Crippen LogP contribution >= 0.6 is 0 Å². The molecule has 2 rings (SSSR count). The first kappa shape index (κ1) is 17.1. The topological polar surface area (TPSA) is 62.5 Å². The van der Waals surface area contributed by atoms with Gasteiger partial charge in [-0.1, -0.05) is 35.5 Å². The first-order valence-corrected chi connectivity index (χ1v) is 8.13. The zero-order valence-electron chi connectivity index (χ0n) is 14.4. The van der Waals surface area contributed by atoms with Crippen LogP contribution in [0.25, 0.3) is 0 Å². The summed E-state index contributed by atoms with van der Waals surface area (Å²) in [7, 11) is 0. The van der Waals surface area contributed by atoms with Gasteiger partial charge < -0.3 is 15.2 Å². The molecule has 0 spiro atoms. The smallest absolute Gasteiger partial charge is 0.191 e. The van der Waals surface area contributed by atoms with Gasteiger partial charge in [-0.15, -0.1) is 0 Å². The van der Waals surface area contributed by atoms with Crippen LogP contribution in [0.1, 0.15) is 42.5 Å². The van der Waals surface area contributed by atoms with Gasteiger partial charge >= 0.3 is 0 Å². The highest BCUT2D eigenvalue weighted by molar-refractivity contribution is 5.80. The van der Waals surface area contributed by atoms with Crippen molar-refractivity contribution < 1.29 is 4.52 Å². The molecule has 1 unspecified atom stereocenters. The lowest BCUT2D eigenvalue weighted by molar-refractivity contribution is 0.392. The number of aryl methyl sites for hydroxylation is 2. The molecule has 23 heavy (non-hydrogen) atoms. The van der Waals surface area contributed by atoms with Crippen LogP contribution in [-0.2, 0) is 6.42 Å². The normalized spacial score (nSPS) is 13.0.